The van der Waals surface area contributed by atoms with Crippen LogP contribution in [0.4, 0.5) is 5.69 Å². The summed E-state index contributed by atoms with van der Waals surface area (Å²) in [4.78, 5) is 6.75. The second-order valence-corrected chi connectivity index (χ2v) is 6.48. The molecule has 1 rings (SSSR count). The van der Waals surface area contributed by atoms with Gasteiger partial charge in [-0.25, -0.2) is 4.99 Å². The lowest BCUT2D eigenvalue weighted by molar-refractivity contribution is 0.128. The number of hydrogen-bond donors (Lipinski definition) is 2. The van der Waals surface area contributed by atoms with E-state index in [1.165, 1.54) is 11.3 Å². The lowest BCUT2D eigenvalue weighted by atomic mass is 10.1. The first-order chi connectivity index (χ1) is 11.5. The molecule has 1 aromatic carbocycles. The highest BCUT2D eigenvalue weighted by Gasteiger charge is 2.00. The third kappa shape index (κ3) is 8.77. The van der Waals surface area contributed by atoms with E-state index in [9.17, 15) is 0 Å². The van der Waals surface area contributed by atoms with Crippen molar-refractivity contribution < 1.29 is 4.74 Å². The standard InChI is InChI=1S/C19H34N4O/c1-6-20-19(21-11-13-24-12-10-16(2)3)22-15-17-8-7-9-18(14-17)23(4)5/h7-9,14,16H,6,10-13,15H2,1-5H3,(H2,20,21,22). The maximum atomic E-state index is 5.63. The van der Waals surface area contributed by atoms with Crippen LogP contribution in [0.3, 0.4) is 0 Å². The summed E-state index contributed by atoms with van der Waals surface area (Å²) in [6.45, 7) is 10.3. The number of hydrogen-bond acceptors (Lipinski definition) is 3. The topological polar surface area (TPSA) is 48.9 Å². The van der Waals surface area contributed by atoms with Crippen LogP contribution in [0.2, 0.25) is 0 Å². The molecule has 0 radical (unpaired) electrons. The molecule has 0 amide bonds. The molecule has 24 heavy (non-hydrogen) atoms. The van der Waals surface area contributed by atoms with Gasteiger partial charge in [-0.3, -0.25) is 0 Å². The molecular weight excluding hydrogens is 300 g/mol. The molecule has 0 saturated carbocycles. The van der Waals surface area contributed by atoms with Crippen molar-refractivity contribution >= 4 is 11.6 Å². The van der Waals surface area contributed by atoms with Crippen molar-refractivity contribution in [2.45, 2.75) is 33.7 Å². The summed E-state index contributed by atoms with van der Waals surface area (Å²) in [6.07, 6.45) is 1.11. The summed E-state index contributed by atoms with van der Waals surface area (Å²) in [5.41, 5.74) is 2.39. The van der Waals surface area contributed by atoms with Gasteiger partial charge in [-0.2, -0.15) is 0 Å². The molecule has 0 atom stereocenters. The smallest absolute Gasteiger partial charge is 0.191 e. The summed E-state index contributed by atoms with van der Waals surface area (Å²) < 4.78 is 5.63. The van der Waals surface area contributed by atoms with Crippen molar-refractivity contribution in [1.29, 1.82) is 0 Å². The molecule has 0 aromatic heterocycles. The molecule has 0 saturated heterocycles. The SMILES string of the molecule is CCNC(=NCc1cccc(N(C)C)c1)NCCOCCC(C)C. The monoisotopic (exact) mass is 334 g/mol. The first kappa shape index (κ1) is 20.3. The highest BCUT2D eigenvalue weighted by Crippen LogP contribution is 2.13. The third-order valence-corrected chi connectivity index (χ3v) is 3.57. The second kappa shape index (κ2) is 11.7. The number of aliphatic imine (C=N–C) groups is 1. The van der Waals surface area contributed by atoms with Crippen molar-refractivity contribution in [2.75, 3.05) is 45.3 Å². The molecule has 0 aliphatic carbocycles. The van der Waals surface area contributed by atoms with E-state index in [1.54, 1.807) is 0 Å². The molecule has 0 heterocycles. The van der Waals surface area contributed by atoms with Gasteiger partial charge < -0.3 is 20.3 Å². The minimum absolute atomic E-state index is 0.658. The maximum Gasteiger partial charge on any atom is 0.191 e. The van der Waals surface area contributed by atoms with Gasteiger partial charge in [0.1, 0.15) is 0 Å². The zero-order valence-electron chi connectivity index (χ0n) is 15.9. The van der Waals surface area contributed by atoms with E-state index >= 15 is 0 Å². The fourth-order valence-corrected chi connectivity index (χ4v) is 2.11. The molecule has 0 bridgehead atoms. The molecule has 0 aliphatic rings. The van der Waals surface area contributed by atoms with Gasteiger partial charge in [-0.05, 0) is 37.0 Å². The first-order valence-electron chi connectivity index (χ1n) is 8.89. The maximum absolute atomic E-state index is 5.63. The van der Waals surface area contributed by atoms with Gasteiger partial charge in [0.25, 0.3) is 0 Å². The normalized spacial score (nSPS) is 11.7. The van der Waals surface area contributed by atoms with Gasteiger partial charge in [-0.1, -0.05) is 26.0 Å². The average Bonchev–Trinajstić information content (AvgIpc) is 2.55. The Kier molecular flexibility index (Phi) is 9.92. The molecule has 0 spiro atoms. The Morgan fingerprint density at radius 3 is 2.67 bits per heavy atom. The second-order valence-electron chi connectivity index (χ2n) is 6.48. The van der Waals surface area contributed by atoms with Crippen LogP contribution in [-0.4, -0.2) is 46.4 Å². The Morgan fingerprint density at radius 2 is 2.00 bits per heavy atom. The number of nitrogens with zero attached hydrogens (tertiary/aromatic N) is 2. The van der Waals surface area contributed by atoms with Gasteiger partial charge in [-0.15, -0.1) is 0 Å². The fourth-order valence-electron chi connectivity index (χ4n) is 2.11. The van der Waals surface area contributed by atoms with Crippen LogP contribution >= 0.6 is 0 Å². The minimum atomic E-state index is 0.658. The summed E-state index contributed by atoms with van der Waals surface area (Å²) in [5, 5.41) is 6.59. The lowest BCUT2D eigenvalue weighted by Gasteiger charge is -2.14. The summed E-state index contributed by atoms with van der Waals surface area (Å²) >= 11 is 0. The van der Waals surface area contributed by atoms with Crippen molar-refractivity contribution in [1.82, 2.24) is 10.6 Å². The Balaban J connectivity index is 2.43. The summed E-state index contributed by atoms with van der Waals surface area (Å²) in [5.74, 6) is 1.52. The lowest BCUT2D eigenvalue weighted by Crippen LogP contribution is -2.39. The quantitative estimate of drug-likeness (QED) is 0.392. The molecule has 2 N–H and O–H groups in total. The molecule has 136 valence electrons. The number of guanidine groups is 1. The molecule has 5 heteroatoms. The largest absolute Gasteiger partial charge is 0.380 e. The Labute approximate surface area is 147 Å². The van der Waals surface area contributed by atoms with Gasteiger partial charge in [0.2, 0.25) is 0 Å². The van der Waals surface area contributed by atoms with E-state index in [-0.39, 0.29) is 0 Å². The highest BCUT2D eigenvalue weighted by molar-refractivity contribution is 5.79. The van der Waals surface area contributed by atoms with Crippen molar-refractivity contribution in [3.05, 3.63) is 29.8 Å². The zero-order valence-corrected chi connectivity index (χ0v) is 15.9. The molecular formula is C19H34N4O. The number of anilines is 1. The third-order valence-electron chi connectivity index (χ3n) is 3.57. The molecule has 1 aromatic rings. The number of ether oxygens (including phenoxy) is 1. The number of benzene rings is 1. The van der Waals surface area contributed by atoms with Gasteiger partial charge in [0, 0.05) is 39.5 Å². The molecule has 0 unspecified atom stereocenters. The van der Waals surface area contributed by atoms with E-state index in [0.29, 0.717) is 19.1 Å². The fraction of sp³-hybridized carbons (Fsp3) is 0.632. The predicted octanol–water partition coefficient (Wildman–Crippen LogP) is 2.87. The van der Waals surface area contributed by atoms with Gasteiger partial charge in [0.15, 0.2) is 5.96 Å². The van der Waals surface area contributed by atoms with Crippen molar-refractivity contribution in [2.24, 2.45) is 10.9 Å². The summed E-state index contributed by atoms with van der Waals surface area (Å²) in [7, 11) is 4.10. The highest BCUT2D eigenvalue weighted by atomic mass is 16.5. The van der Waals surface area contributed by atoms with E-state index in [1.807, 2.05) is 14.1 Å². The first-order valence-corrected chi connectivity index (χ1v) is 8.89. The van der Waals surface area contributed by atoms with Crippen LogP contribution in [-0.2, 0) is 11.3 Å². The number of rotatable bonds is 10. The van der Waals surface area contributed by atoms with Crippen molar-refractivity contribution in [3.63, 3.8) is 0 Å². The van der Waals surface area contributed by atoms with Gasteiger partial charge >= 0.3 is 0 Å². The Hall–Kier alpha value is -1.75. The Morgan fingerprint density at radius 1 is 1.21 bits per heavy atom. The van der Waals surface area contributed by atoms with Gasteiger partial charge in [0.05, 0.1) is 13.2 Å². The van der Waals surface area contributed by atoms with E-state index in [0.717, 1.165) is 32.1 Å². The van der Waals surface area contributed by atoms with E-state index in [2.05, 4.69) is 65.6 Å². The van der Waals surface area contributed by atoms with Crippen LogP contribution < -0.4 is 15.5 Å². The predicted molar refractivity (Wildman–Crippen MR) is 104 cm³/mol. The van der Waals surface area contributed by atoms with E-state index < -0.39 is 0 Å². The van der Waals surface area contributed by atoms with Crippen LogP contribution in [0.5, 0.6) is 0 Å². The minimum Gasteiger partial charge on any atom is -0.380 e. The van der Waals surface area contributed by atoms with Crippen molar-refractivity contribution in [3.8, 4) is 0 Å². The average molecular weight is 335 g/mol. The summed E-state index contributed by atoms with van der Waals surface area (Å²) in [6, 6.07) is 8.45. The number of nitrogens with one attached hydrogen (secondary N) is 2. The van der Waals surface area contributed by atoms with Crippen LogP contribution in [0.1, 0.15) is 32.8 Å². The van der Waals surface area contributed by atoms with Crippen LogP contribution in [0.25, 0.3) is 0 Å². The molecule has 0 aliphatic heterocycles. The van der Waals surface area contributed by atoms with E-state index in [4.69, 9.17) is 4.74 Å². The zero-order chi connectivity index (χ0) is 17.8. The van der Waals surface area contributed by atoms with Crippen LogP contribution in [0, 0.1) is 5.92 Å². The molecule has 0 fully saturated rings. The Bertz CT molecular complexity index is 486. The van der Waals surface area contributed by atoms with Crippen LogP contribution in [0.15, 0.2) is 29.3 Å². The molecule has 5 nitrogen and oxygen atoms in total.